The molecule has 0 spiro atoms. The number of esters is 1. The number of nitrogen functional groups attached to an aromatic ring is 1. The average molecular weight is 281 g/mol. The molecule has 1 aromatic heterocycles. The van der Waals surface area contributed by atoms with Crippen molar-refractivity contribution < 1.29 is 18.3 Å². The van der Waals surface area contributed by atoms with Crippen molar-refractivity contribution in [3.63, 3.8) is 0 Å². The Kier molecular flexibility index (Phi) is 4.11. The first kappa shape index (κ1) is 13.5. The lowest BCUT2D eigenvalue weighted by Gasteiger charge is -2.03. The number of carbonyl (C=O) groups excluding carboxylic acids is 1. The predicted octanol–water partition coefficient (Wildman–Crippen LogP) is 3.08. The van der Waals surface area contributed by atoms with Crippen molar-refractivity contribution in [1.82, 2.24) is 0 Å². The Balaban J connectivity index is 2.10. The minimum Gasteiger partial charge on any atom is -0.468 e. The van der Waals surface area contributed by atoms with Gasteiger partial charge in [-0.05, 0) is 24.3 Å². The highest BCUT2D eigenvalue weighted by molar-refractivity contribution is 7.98. The largest absolute Gasteiger partial charge is 0.468 e. The van der Waals surface area contributed by atoms with Crippen molar-refractivity contribution >= 4 is 23.4 Å². The Morgan fingerprint density at radius 1 is 1.47 bits per heavy atom. The summed E-state index contributed by atoms with van der Waals surface area (Å²) in [5.74, 6) is 0.0262. The summed E-state index contributed by atoms with van der Waals surface area (Å²) in [5.41, 5.74) is 6.29. The number of methoxy groups -OCH3 is 1. The molecule has 0 aliphatic rings. The van der Waals surface area contributed by atoms with Crippen molar-refractivity contribution in [2.24, 2.45) is 0 Å². The second-order valence-corrected chi connectivity index (χ2v) is 4.81. The van der Waals surface area contributed by atoms with E-state index in [2.05, 4.69) is 4.74 Å². The van der Waals surface area contributed by atoms with E-state index in [4.69, 9.17) is 10.2 Å². The van der Waals surface area contributed by atoms with E-state index in [9.17, 15) is 9.18 Å². The van der Waals surface area contributed by atoms with Gasteiger partial charge in [0.2, 0.25) is 0 Å². The highest BCUT2D eigenvalue weighted by Crippen LogP contribution is 2.27. The van der Waals surface area contributed by atoms with E-state index in [-0.39, 0.29) is 0 Å². The number of carbonyl (C=O) groups is 1. The van der Waals surface area contributed by atoms with E-state index >= 15 is 0 Å². The number of rotatable bonds is 4. The molecule has 1 aromatic carbocycles. The molecule has 2 rings (SSSR count). The SMILES string of the molecule is COC(=O)c1ccoc1CSc1cc(N)cc(F)c1. The van der Waals surface area contributed by atoms with Gasteiger partial charge in [-0.15, -0.1) is 11.8 Å². The molecule has 0 atom stereocenters. The molecule has 0 aliphatic carbocycles. The van der Waals surface area contributed by atoms with Crippen molar-refractivity contribution in [2.45, 2.75) is 10.6 Å². The van der Waals surface area contributed by atoms with Gasteiger partial charge in [0.1, 0.15) is 17.1 Å². The van der Waals surface area contributed by atoms with Crippen LogP contribution in [0.3, 0.4) is 0 Å². The molecule has 4 nitrogen and oxygen atoms in total. The number of furan rings is 1. The van der Waals surface area contributed by atoms with Crippen LogP contribution in [-0.4, -0.2) is 13.1 Å². The Bertz CT molecular complexity index is 577. The summed E-state index contributed by atoms with van der Waals surface area (Å²) >= 11 is 1.33. The molecule has 0 bridgehead atoms. The molecule has 6 heteroatoms. The summed E-state index contributed by atoms with van der Waals surface area (Å²) < 4.78 is 23.0. The number of thioether (sulfide) groups is 1. The first-order chi connectivity index (χ1) is 9.10. The molecule has 100 valence electrons. The number of benzene rings is 1. The van der Waals surface area contributed by atoms with Crippen LogP contribution in [0.2, 0.25) is 0 Å². The van der Waals surface area contributed by atoms with Gasteiger partial charge in [-0.25, -0.2) is 9.18 Å². The summed E-state index contributed by atoms with van der Waals surface area (Å²) in [6, 6.07) is 5.83. The summed E-state index contributed by atoms with van der Waals surface area (Å²) in [6.07, 6.45) is 1.42. The maximum Gasteiger partial charge on any atom is 0.341 e. The standard InChI is InChI=1S/C13H12FNO3S/c1-17-13(16)11-2-3-18-12(11)7-19-10-5-8(14)4-9(15)6-10/h2-6H,7,15H2,1H3. The maximum absolute atomic E-state index is 13.2. The molecule has 0 radical (unpaired) electrons. The van der Waals surface area contributed by atoms with Gasteiger partial charge in [0.25, 0.3) is 0 Å². The molecular weight excluding hydrogens is 269 g/mol. The zero-order valence-corrected chi connectivity index (χ0v) is 11.0. The number of halogens is 1. The quantitative estimate of drug-likeness (QED) is 0.530. The zero-order chi connectivity index (χ0) is 13.8. The summed E-state index contributed by atoms with van der Waals surface area (Å²) in [6.45, 7) is 0. The smallest absolute Gasteiger partial charge is 0.341 e. The summed E-state index contributed by atoms with van der Waals surface area (Å²) in [5, 5.41) is 0. The van der Waals surface area contributed by atoms with Crippen LogP contribution in [0.4, 0.5) is 10.1 Å². The van der Waals surface area contributed by atoms with E-state index < -0.39 is 11.8 Å². The van der Waals surface area contributed by atoms with Crippen LogP contribution < -0.4 is 5.73 Å². The fourth-order valence-corrected chi connectivity index (χ4v) is 2.50. The molecule has 0 unspecified atom stereocenters. The molecule has 0 amide bonds. The number of hydrogen-bond donors (Lipinski definition) is 1. The van der Waals surface area contributed by atoms with Gasteiger partial charge in [-0.3, -0.25) is 0 Å². The average Bonchev–Trinajstić information content (AvgIpc) is 2.82. The Morgan fingerprint density at radius 3 is 2.95 bits per heavy atom. The van der Waals surface area contributed by atoms with Crippen LogP contribution >= 0.6 is 11.8 Å². The number of ether oxygens (including phenoxy) is 1. The zero-order valence-electron chi connectivity index (χ0n) is 10.2. The fraction of sp³-hybridized carbons (Fsp3) is 0.154. The van der Waals surface area contributed by atoms with E-state index in [1.54, 1.807) is 12.1 Å². The van der Waals surface area contributed by atoms with Crippen molar-refractivity contribution in [3.05, 3.63) is 47.7 Å². The molecular formula is C13H12FNO3S. The highest BCUT2D eigenvalue weighted by Gasteiger charge is 2.15. The Hall–Kier alpha value is -1.95. The molecule has 19 heavy (non-hydrogen) atoms. The molecule has 0 saturated carbocycles. The number of anilines is 1. The minimum absolute atomic E-state index is 0.357. The lowest BCUT2D eigenvalue weighted by atomic mass is 10.3. The van der Waals surface area contributed by atoms with Crippen LogP contribution in [0.5, 0.6) is 0 Å². The van der Waals surface area contributed by atoms with Crippen LogP contribution in [0.15, 0.2) is 39.8 Å². The Labute approximate surface area is 113 Å². The van der Waals surface area contributed by atoms with E-state index in [0.29, 0.717) is 27.7 Å². The fourth-order valence-electron chi connectivity index (χ4n) is 1.56. The summed E-state index contributed by atoms with van der Waals surface area (Å²) in [7, 11) is 1.31. The van der Waals surface area contributed by atoms with Crippen LogP contribution in [0.25, 0.3) is 0 Å². The first-order valence-electron chi connectivity index (χ1n) is 5.43. The number of nitrogens with two attached hydrogens (primary N) is 1. The highest BCUT2D eigenvalue weighted by atomic mass is 32.2. The summed E-state index contributed by atoms with van der Waals surface area (Å²) in [4.78, 5) is 12.1. The van der Waals surface area contributed by atoms with Crippen LogP contribution in [0.1, 0.15) is 16.1 Å². The van der Waals surface area contributed by atoms with E-state index in [1.807, 2.05) is 0 Å². The maximum atomic E-state index is 13.2. The lowest BCUT2D eigenvalue weighted by Crippen LogP contribution is -2.02. The second-order valence-electron chi connectivity index (χ2n) is 3.76. The van der Waals surface area contributed by atoms with E-state index in [1.165, 1.54) is 37.3 Å². The third-order valence-corrected chi connectivity index (χ3v) is 3.39. The van der Waals surface area contributed by atoms with Gasteiger partial charge in [0, 0.05) is 10.6 Å². The number of hydrogen-bond acceptors (Lipinski definition) is 5. The van der Waals surface area contributed by atoms with E-state index in [0.717, 1.165) is 0 Å². The van der Waals surface area contributed by atoms with Gasteiger partial charge in [0.15, 0.2) is 0 Å². The second kappa shape index (κ2) is 5.79. The van der Waals surface area contributed by atoms with Crippen molar-refractivity contribution in [2.75, 3.05) is 12.8 Å². The Morgan fingerprint density at radius 2 is 2.26 bits per heavy atom. The molecule has 2 N–H and O–H groups in total. The van der Waals surface area contributed by atoms with Crippen LogP contribution in [-0.2, 0) is 10.5 Å². The van der Waals surface area contributed by atoms with Gasteiger partial charge in [-0.1, -0.05) is 0 Å². The molecule has 1 heterocycles. The van der Waals surface area contributed by atoms with Crippen LogP contribution in [0, 0.1) is 5.82 Å². The van der Waals surface area contributed by atoms with Crippen molar-refractivity contribution in [3.8, 4) is 0 Å². The van der Waals surface area contributed by atoms with Gasteiger partial charge >= 0.3 is 5.97 Å². The lowest BCUT2D eigenvalue weighted by molar-refractivity contribution is 0.0598. The monoisotopic (exact) mass is 281 g/mol. The molecule has 0 fully saturated rings. The molecule has 2 aromatic rings. The first-order valence-corrected chi connectivity index (χ1v) is 6.42. The molecule has 0 saturated heterocycles. The molecule has 0 aliphatic heterocycles. The van der Waals surface area contributed by atoms with Gasteiger partial charge in [-0.2, -0.15) is 0 Å². The van der Waals surface area contributed by atoms with Gasteiger partial charge < -0.3 is 14.9 Å². The third-order valence-electron chi connectivity index (χ3n) is 2.41. The van der Waals surface area contributed by atoms with Crippen molar-refractivity contribution in [1.29, 1.82) is 0 Å². The predicted molar refractivity (Wildman–Crippen MR) is 70.4 cm³/mol. The van der Waals surface area contributed by atoms with Gasteiger partial charge in [0.05, 0.1) is 19.1 Å². The third kappa shape index (κ3) is 3.29. The topological polar surface area (TPSA) is 65.5 Å². The minimum atomic E-state index is -0.455. The normalized spacial score (nSPS) is 10.4.